The fourth-order valence-electron chi connectivity index (χ4n) is 2.16. The quantitative estimate of drug-likeness (QED) is 0.681. The molecule has 1 aromatic heterocycles. The summed E-state index contributed by atoms with van der Waals surface area (Å²) in [5.74, 6) is 0. The maximum absolute atomic E-state index is 12.0. The molecule has 3 N–H and O–H groups in total. The molecular formula is C19H26N4O3S. The maximum Gasteiger partial charge on any atom is 0.412 e. The molecule has 0 radical (unpaired) electrons. The molecule has 1 heterocycles. The summed E-state index contributed by atoms with van der Waals surface area (Å²) in [5, 5.41) is 11.3. The smallest absolute Gasteiger partial charge is 0.412 e. The molecule has 0 aliphatic carbocycles. The number of carbonyl (C=O) groups is 2. The van der Waals surface area contributed by atoms with Gasteiger partial charge in [0.25, 0.3) is 0 Å². The summed E-state index contributed by atoms with van der Waals surface area (Å²) in [6, 6.07) is 6.52. The second-order valence-electron chi connectivity index (χ2n) is 6.92. The second-order valence-corrected chi connectivity index (χ2v) is 7.86. The molecular weight excluding hydrogens is 364 g/mol. The number of nitrogens with zero attached hydrogens (tertiary/aromatic N) is 1. The van der Waals surface area contributed by atoms with Crippen LogP contribution in [0.4, 0.5) is 21.0 Å². The Morgan fingerprint density at radius 2 is 1.74 bits per heavy atom. The van der Waals surface area contributed by atoms with Gasteiger partial charge in [-0.1, -0.05) is 6.92 Å². The largest absolute Gasteiger partial charge is 0.444 e. The van der Waals surface area contributed by atoms with Gasteiger partial charge in [0.1, 0.15) is 5.60 Å². The van der Waals surface area contributed by atoms with Crippen molar-refractivity contribution in [3.63, 3.8) is 0 Å². The first-order valence-electron chi connectivity index (χ1n) is 8.83. The molecule has 0 saturated carbocycles. The number of benzene rings is 1. The highest BCUT2D eigenvalue weighted by Crippen LogP contribution is 2.15. The Balaban J connectivity index is 1.74. The van der Waals surface area contributed by atoms with Gasteiger partial charge in [-0.2, -0.15) is 0 Å². The van der Waals surface area contributed by atoms with Crippen LogP contribution in [0.15, 0.2) is 29.6 Å². The number of carbonyl (C=O) groups excluding carboxylic acids is 2. The summed E-state index contributed by atoms with van der Waals surface area (Å²) in [4.78, 5) is 28.1. The fourth-order valence-corrected chi connectivity index (χ4v) is 2.94. The lowest BCUT2D eigenvalue weighted by Gasteiger charge is -2.19. The molecule has 0 spiro atoms. The first-order valence-corrected chi connectivity index (χ1v) is 9.71. The maximum atomic E-state index is 12.0. The Bertz CT molecular complexity index is 766. The SMILES string of the molecule is CCc1nc(CCNC(=O)Nc2ccc(NC(=O)OC(C)(C)C)cc2)cs1. The van der Waals surface area contributed by atoms with E-state index in [1.54, 1.807) is 56.4 Å². The second kappa shape index (κ2) is 9.36. The van der Waals surface area contributed by atoms with E-state index < -0.39 is 11.7 Å². The number of aromatic nitrogens is 1. The number of rotatable bonds is 6. The van der Waals surface area contributed by atoms with Crippen LogP contribution in [0.3, 0.4) is 0 Å². The lowest BCUT2D eigenvalue weighted by atomic mass is 10.2. The van der Waals surface area contributed by atoms with E-state index in [0.717, 1.165) is 17.1 Å². The van der Waals surface area contributed by atoms with Crippen molar-refractivity contribution in [2.45, 2.75) is 46.1 Å². The van der Waals surface area contributed by atoms with Gasteiger partial charge in [-0.05, 0) is 51.5 Å². The molecule has 0 saturated heterocycles. The minimum atomic E-state index is -0.555. The third-order valence-electron chi connectivity index (χ3n) is 3.36. The van der Waals surface area contributed by atoms with Crippen LogP contribution in [0.1, 0.15) is 38.4 Å². The molecule has 0 bridgehead atoms. The van der Waals surface area contributed by atoms with Crippen LogP contribution in [-0.2, 0) is 17.6 Å². The average molecular weight is 391 g/mol. The minimum Gasteiger partial charge on any atom is -0.444 e. The Kier molecular flexibility index (Phi) is 7.18. The van der Waals surface area contributed by atoms with Crippen LogP contribution in [0.2, 0.25) is 0 Å². The average Bonchev–Trinajstić information content (AvgIpc) is 3.03. The van der Waals surface area contributed by atoms with Crippen molar-refractivity contribution in [3.8, 4) is 0 Å². The normalized spacial score (nSPS) is 11.0. The summed E-state index contributed by atoms with van der Waals surface area (Å²) < 4.78 is 5.19. The highest BCUT2D eigenvalue weighted by atomic mass is 32.1. The molecule has 0 fully saturated rings. The molecule has 7 nitrogen and oxygen atoms in total. The predicted molar refractivity (Wildman–Crippen MR) is 109 cm³/mol. The summed E-state index contributed by atoms with van der Waals surface area (Å²) in [5.41, 5.74) is 1.66. The van der Waals surface area contributed by atoms with E-state index in [-0.39, 0.29) is 6.03 Å². The summed E-state index contributed by atoms with van der Waals surface area (Å²) >= 11 is 1.64. The van der Waals surface area contributed by atoms with Gasteiger partial charge in [0.05, 0.1) is 10.7 Å². The molecule has 0 aliphatic rings. The van der Waals surface area contributed by atoms with Crippen molar-refractivity contribution >= 4 is 34.8 Å². The number of anilines is 2. The highest BCUT2D eigenvalue weighted by molar-refractivity contribution is 7.09. The molecule has 2 rings (SSSR count). The van der Waals surface area contributed by atoms with E-state index >= 15 is 0 Å². The third kappa shape index (κ3) is 7.65. The molecule has 0 atom stereocenters. The minimum absolute atomic E-state index is 0.284. The number of aryl methyl sites for hydroxylation is 1. The number of hydrogen-bond acceptors (Lipinski definition) is 5. The van der Waals surface area contributed by atoms with Gasteiger partial charge < -0.3 is 15.4 Å². The van der Waals surface area contributed by atoms with E-state index in [0.29, 0.717) is 24.3 Å². The monoisotopic (exact) mass is 390 g/mol. The highest BCUT2D eigenvalue weighted by Gasteiger charge is 2.16. The van der Waals surface area contributed by atoms with Gasteiger partial charge in [0, 0.05) is 29.7 Å². The molecule has 146 valence electrons. The molecule has 0 aliphatic heterocycles. The van der Waals surface area contributed by atoms with Gasteiger partial charge in [-0.15, -0.1) is 11.3 Å². The molecule has 27 heavy (non-hydrogen) atoms. The Hall–Kier alpha value is -2.61. The van der Waals surface area contributed by atoms with Crippen LogP contribution in [-0.4, -0.2) is 29.3 Å². The van der Waals surface area contributed by atoms with E-state index in [1.807, 2.05) is 5.38 Å². The molecule has 3 amide bonds. The number of ether oxygens (including phenoxy) is 1. The van der Waals surface area contributed by atoms with Gasteiger partial charge in [-0.25, -0.2) is 14.6 Å². The topological polar surface area (TPSA) is 92.4 Å². The number of urea groups is 1. The van der Waals surface area contributed by atoms with Gasteiger partial charge in [0.15, 0.2) is 0 Å². The van der Waals surface area contributed by atoms with Crippen molar-refractivity contribution in [1.29, 1.82) is 0 Å². The number of hydrogen-bond donors (Lipinski definition) is 3. The molecule has 0 unspecified atom stereocenters. The van der Waals surface area contributed by atoms with Crippen molar-refractivity contribution < 1.29 is 14.3 Å². The summed E-state index contributed by atoms with van der Waals surface area (Å²) in [7, 11) is 0. The van der Waals surface area contributed by atoms with Crippen molar-refractivity contribution in [1.82, 2.24) is 10.3 Å². The van der Waals surface area contributed by atoms with Gasteiger partial charge in [0.2, 0.25) is 0 Å². The van der Waals surface area contributed by atoms with E-state index in [2.05, 4.69) is 27.9 Å². The summed E-state index contributed by atoms with van der Waals surface area (Å²) in [6.45, 7) is 7.99. The van der Waals surface area contributed by atoms with E-state index in [4.69, 9.17) is 4.74 Å². The Labute approximate surface area is 163 Å². The van der Waals surface area contributed by atoms with Gasteiger partial charge >= 0.3 is 12.1 Å². The zero-order valence-electron chi connectivity index (χ0n) is 16.1. The van der Waals surface area contributed by atoms with Crippen LogP contribution < -0.4 is 16.0 Å². The summed E-state index contributed by atoms with van der Waals surface area (Å²) in [6.07, 6.45) is 1.11. The first-order chi connectivity index (χ1) is 12.7. The van der Waals surface area contributed by atoms with Crippen LogP contribution in [0.5, 0.6) is 0 Å². The van der Waals surface area contributed by atoms with Gasteiger partial charge in [-0.3, -0.25) is 5.32 Å². The number of amides is 3. The Morgan fingerprint density at radius 3 is 2.30 bits per heavy atom. The van der Waals surface area contributed by atoms with Crippen molar-refractivity contribution in [2.24, 2.45) is 0 Å². The predicted octanol–water partition coefficient (Wildman–Crippen LogP) is 4.42. The lowest BCUT2D eigenvalue weighted by molar-refractivity contribution is 0.0636. The third-order valence-corrected chi connectivity index (χ3v) is 4.40. The van der Waals surface area contributed by atoms with Crippen molar-refractivity contribution in [3.05, 3.63) is 40.3 Å². The lowest BCUT2D eigenvalue weighted by Crippen LogP contribution is -2.30. The Morgan fingerprint density at radius 1 is 1.11 bits per heavy atom. The van der Waals surface area contributed by atoms with Crippen molar-refractivity contribution in [2.75, 3.05) is 17.2 Å². The number of nitrogens with one attached hydrogen (secondary N) is 3. The van der Waals surface area contributed by atoms with E-state index in [1.165, 1.54) is 0 Å². The molecule has 8 heteroatoms. The zero-order valence-corrected chi connectivity index (χ0v) is 16.9. The first kappa shape index (κ1) is 20.7. The standard InChI is InChI=1S/C19H26N4O3S/c1-5-16-21-15(12-27-16)10-11-20-17(24)22-13-6-8-14(9-7-13)23-18(25)26-19(2,3)4/h6-9,12H,5,10-11H2,1-4H3,(H,23,25)(H2,20,22,24). The molecule has 2 aromatic rings. The number of thiazole rings is 1. The fraction of sp³-hybridized carbons (Fsp3) is 0.421. The zero-order chi connectivity index (χ0) is 19.9. The molecule has 1 aromatic carbocycles. The van der Waals surface area contributed by atoms with Crippen LogP contribution in [0.25, 0.3) is 0 Å². The van der Waals surface area contributed by atoms with Crippen LogP contribution in [0, 0.1) is 0 Å². The van der Waals surface area contributed by atoms with E-state index in [9.17, 15) is 9.59 Å². The van der Waals surface area contributed by atoms with Crippen LogP contribution >= 0.6 is 11.3 Å².